The molecule has 0 spiro atoms. The van der Waals surface area contributed by atoms with Crippen LogP contribution < -0.4 is 0 Å². The Morgan fingerprint density at radius 1 is 0.939 bits per heavy atom. The first kappa shape index (κ1) is 38.3. The number of hydrogen-bond donors (Lipinski definition) is 1. The van der Waals surface area contributed by atoms with E-state index < -0.39 is 0 Å². The van der Waals surface area contributed by atoms with E-state index in [4.69, 9.17) is 9.40 Å². The number of ketones is 1. The van der Waals surface area contributed by atoms with Crippen LogP contribution in [0.1, 0.15) is 118 Å². The molecule has 5 heteroatoms. The number of pyridine rings is 1. The Hall–Kier alpha value is -3.53. The summed E-state index contributed by atoms with van der Waals surface area (Å²) in [6, 6.07) is 24.9. The molecule has 1 aliphatic rings. The first-order valence-electron chi connectivity index (χ1n) is 17.7. The maximum atomic E-state index is 12.2. The van der Waals surface area contributed by atoms with Gasteiger partial charge < -0.3 is 14.5 Å². The van der Waals surface area contributed by atoms with Crippen LogP contribution in [0.5, 0.6) is 0 Å². The molecule has 1 radical (unpaired) electrons. The molecule has 0 aliphatic heterocycles. The standard InChI is InChI=1S/C29H24NO.C15H28O2.Ir/c1-17(2)18-12-13-19-16-30-24(15-20(19)14-18)21-9-7-10-23-26(21)28-27(29(23,3)4)22-8-5-6-11-25(22)31-28;1-7-14(5,8-2)12(16)11-13(17)15(6,9-3)10-4;/h5-8,10-17H,1-4H3;11,16H,7-10H2,1-6H3;/q-1;;/b;12-11-;. The van der Waals surface area contributed by atoms with Gasteiger partial charge in [0.1, 0.15) is 11.3 Å². The number of aliphatic hydroxyl groups excluding tert-OH is 1. The Morgan fingerprint density at radius 2 is 1.59 bits per heavy atom. The zero-order valence-electron chi connectivity index (χ0n) is 30.9. The summed E-state index contributed by atoms with van der Waals surface area (Å²) in [5.41, 5.74) is 7.17. The average Bonchev–Trinajstić information content (AvgIpc) is 3.60. The van der Waals surface area contributed by atoms with Gasteiger partial charge in [-0.1, -0.05) is 117 Å². The fourth-order valence-electron chi connectivity index (χ4n) is 6.77. The summed E-state index contributed by atoms with van der Waals surface area (Å²) in [5, 5.41) is 13.7. The van der Waals surface area contributed by atoms with Gasteiger partial charge >= 0.3 is 0 Å². The number of furan rings is 1. The molecule has 3 aromatic carbocycles. The van der Waals surface area contributed by atoms with Crippen molar-refractivity contribution in [2.45, 2.75) is 106 Å². The summed E-state index contributed by atoms with van der Waals surface area (Å²) in [6.07, 6.45) is 6.73. The maximum Gasteiger partial charge on any atom is 0.164 e. The maximum absolute atomic E-state index is 12.2. The molecule has 1 aliphatic carbocycles. The third-order valence-electron chi connectivity index (χ3n) is 11.4. The monoisotopic (exact) mass is 835 g/mol. The molecule has 0 fully saturated rings. The summed E-state index contributed by atoms with van der Waals surface area (Å²) in [5.74, 6) is 1.74. The minimum absolute atomic E-state index is 0. The van der Waals surface area contributed by atoms with Gasteiger partial charge in [-0.25, -0.2) is 0 Å². The van der Waals surface area contributed by atoms with Crippen LogP contribution >= 0.6 is 0 Å². The summed E-state index contributed by atoms with van der Waals surface area (Å²) >= 11 is 0. The number of rotatable bonds is 9. The van der Waals surface area contributed by atoms with Crippen LogP contribution in [-0.4, -0.2) is 15.9 Å². The van der Waals surface area contributed by atoms with Crippen molar-refractivity contribution < 1.29 is 34.4 Å². The molecule has 2 aromatic heterocycles. The van der Waals surface area contributed by atoms with Crippen LogP contribution in [0.3, 0.4) is 0 Å². The van der Waals surface area contributed by atoms with Crippen LogP contribution in [0.15, 0.2) is 83.1 Å². The van der Waals surface area contributed by atoms with Crippen molar-refractivity contribution in [2.75, 3.05) is 0 Å². The quantitative estimate of drug-likeness (QED) is 0.0913. The third kappa shape index (κ3) is 6.94. The van der Waals surface area contributed by atoms with Gasteiger partial charge in [-0.2, -0.15) is 0 Å². The molecule has 0 saturated heterocycles. The van der Waals surface area contributed by atoms with Crippen LogP contribution in [0.25, 0.3) is 44.3 Å². The molecule has 261 valence electrons. The van der Waals surface area contributed by atoms with Crippen molar-refractivity contribution in [3.63, 3.8) is 0 Å². The Kier molecular flexibility index (Phi) is 11.5. The van der Waals surface area contributed by atoms with E-state index in [-0.39, 0.29) is 47.9 Å². The Bertz CT molecular complexity index is 1990. The van der Waals surface area contributed by atoms with Crippen LogP contribution in [0.2, 0.25) is 0 Å². The molecular formula is C44H52IrNO3-. The van der Waals surface area contributed by atoms with Gasteiger partial charge in [-0.05, 0) is 59.7 Å². The number of hydrogen-bond acceptors (Lipinski definition) is 4. The number of benzene rings is 3. The largest absolute Gasteiger partial charge is 0.512 e. The molecule has 5 aromatic rings. The van der Waals surface area contributed by atoms with Crippen molar-refractivity contribution >= 4 is 27.5 Å². The van der Waals surface area contributed by atoms with E-state index in [0.29, 0.717) is 5.92 Å². The summed E-state index contributed by atoms with van der Waals surface area (Å²) < 4.78 is 6.43. The second-order valence-electron chi connectivity index (χ2n) is 14.8. The molecule has 0 unspecified atom stereocenters. The Labute approximate surface area is 306 Å². The zero-order valence-corrected chi connectivity index (χ0v) is 33.3. The number of para-hydroxylation sites is 1. The number of aromatic nitrogens is 1. The van der Waals surface area contributed by atoms with E-state index in [9.17, 15) is 9.90 Å². The van der Waals surface area contributed by atoms with Gasteiger partial charge in [-0.15, -0.1) is 29.3 Å². The van der Waals surface area contributed by atoms with E-state index in [2.05, 4.69) is 82.3 Å². The third-order valence-corrected chi connectivity index (χ3v) is 11.4. The van der Waals surface area contributed by atoms with Gasteiger partial charge in [0.25, 0.3) is 0 Å². The Morgan fingerprint density at radius 3 is 2.22 bits per heavy atom. The number of carbonyl (C=O) groups is 1. The van der Waals surface area contributed by atoms with Gasteiger partial charge in [0.15, 0.2) is 5.78 Å². The van der Waals surface area contributed by atoms with Crippen molar-refractivity contribution in [2.24, 2.45) is 10.8 Å². The predicted molar refractivity (Wildman–Crippen MR) is 201 cm³/mol. The smallest absolute Gasteiger partial charge is 0.164 e. The fraction of sp³-hybridized carbons (Fsp3) is 0.409. The second-order valence-corrected chi connectivity index (χ2v) is 14.8. The summed E-state index contributed by atoms with van der Waals surface area (Å²) in [6.45, 7) is 21.1. The van der Waals surface area contributed by atoms with Crippen molar-refractivity contribution in [3.05, 3.63) is 101 Å². The van der Waals surface area contributed by atoms with E-state index >= 15 is 0 Å². The molecule has 6 rings (SSSR count). The molecule has 1 N–H and O–H groups in total. The minimum atomic E-state index is -0.337. The van der Waals surface area contributed by atoms with Gasteiger partial charge in [0.2, 0.25) is 0 Å². The van der Waals surface area contributed by atoms with E-state index in [1.54, 1.807) is 0 Å². The summed E-state index contributed by atoms with van der Waals surface area (Å²) in [4.78, 5) is 17.0. The molecular weight excluding hydrogens is 783 g/mol. The SMILES string of the molecule is CC(C)c1ccc2cnc(-c3[c-]ccc4c3-c3oc5ccccc5c3C4(C)C)cc2c1.CCC(C)(CC)C(=O)/C=C(\O)C(C)(CC)CC.[Ir]. The molecule has 0 saturated carbocycles. The van der Waals surface area contributed by atoms with Crippen LogP contribution in [0.4, 0.5) is 0 Å². The number of allylic oxidation sites excluding steroid dienone is 2. The average molecular weight is 835 g/mol. The van der Waals surface area contributed by atoms with Gasteiger partial charge in [0, 0.05) is 59.6 Å². The van der Waals surface area contributed by atoms with Crippen molar-refractivity contribution in [1.82, 2.24) is 4.98 Å². The van der Waals surface area contributed by atoms with Gasteiger partial charge in [0.05, 0.1) is 5.76 Å². The normalized spacial score (nSPS) is 13.9. The number of carbonyl (C=O) groups excluding carboxylic acids is 1. The topological polar surface area (TPSA) is 63.3 Å². The minimum Gasteiger partial charge on any atom is -0.512 e. The van der Waals surface area contributed by atoms with Gasteiger partial charge in [-0.3, -0.25) is 4.79 Å². The molecule has 0 atom stereocenters. The Balaban J connectivity index is 0.000000260. The number of fused-ring (bicyclic) bond motifs is 6. The van der Waals surface area contributed by atoms with Crippen LogP contribution in [-0.2, 0) is 30.3 Å². The van der Waals surface area contributed by atoms with Crippen molar-refractivity contribution in [1.29, 1.82) is 0 Å². The first-order valence-corrected chi connectivity index (χ1v) is 17.7. The van der Waals surface area contributed by atoms with E-state index in [1.807, 2.05) is 59.9 Å². The van der Waals surface area contributed by atoms with E-state index in [1.165, 1.54) is 33.5 Å². The molecule has 0 bridgehead atoms. The second kappa shape index (κ2) is 14.8. The predicted octanol–water partition coefficient (Wildman–Crippen LogP) is 12.5. The molecule has 0 amide bonds. The number of aliphatic hydroxyl groups is 1. The molecule has 4 nitrogen and oxygen atoms in total. The van der Waals surface area contributed by atoms with Crippen LogP contribution in [0, 0.1) is 16.9 Å². The zero-order chi connectivity index (χ0) is 35.0. The van der Waals surface area contributed by atoms with Crippen molar-refractivity contribution in [3.8, 4) is 22.6 Å². The summed E-state index contributed by atoms with van der Waals surface area (Å²) in [7, 11) is 0. The number of nitrogens with zero attached hydrogens (tertiary/aromatic N) is 1. The fourth-order valence-corrected chi connectivity index (χ4v) is 6.77. The van der Waals surface area contributed by atoms with E-state index in [0.717, 1.165) is 59.2 Å². The first-order chi connectivity index (χ1) is 22.7. The molecule has 49 heavy (non-hydrogen) atoms. The molecule has 2 heterocycles.